The van der Waals surface area contributed by atoms with E-state index in [1.54, 1.807) is 19.0 Å². The Morgan fingerprint density at radius 3 is 2.72 bits per heavy atom. The zero-order valence-corrected chi connectivity index (χ0v) is 10.2. The van der Waals surface area contributed by atoms with Crippen molar-refractivity contribution in [3.63, 3.8) is 0 Å². The van der Waals surface area contributed by atoms with Gasteiger partial charge in [-0.3, -0.25) is 10.1 Å². The molecule has 1 aromatic carbocycles. The van der Waals surface area contributed by atoms with Crippen LogP contribution in [0.2, 0.25) is 0 Å². The number of hydrogen-bond acceptors (Lipinski definition) is 5. The molecule has 7 nitrogen and oxygen atoms in total. The van der Waals surface area contributed by atoms with Crippen LogP contribution in [0.25, 0.3) is 0 Å². The number of anilines is 1. The van der Waals surface area contributed by atoms with Gasteiger partial charge in [0, 0.05) is 26.2 Å². The summed E-state index contributed by atoms with van der Waals surface area (Å²) in [5.41, 5.74) is 0.237. The summed E-state index contributed by atoms with van der Waals surface area (Å²) in [5, 5.41) is 22.7. The molecule has 0 saturated heterocycles. The minimum absolute atomic E-state index is 0.0342. The van der Waals surface area contributed by atoms with Crippen molar-refractivity contribution in [2.75, 3.05) is 32.1 Å². The number of aromatic carboxylic acids is 1. The first-order chi connectivity index (χ1) is 8.47. The molecule has 0 aliphatic carbocycles. The Bertz CT molecular complexity index is 462. The predicted octanol–water partition coefficient (Wildman–Crippen LogP) is 0.949. The highest BCUT2D eigenvalue weighted by Crippen LogP contribution is 2.28. The van der Waals surface area contributed by atoms with Gasteiger partial charge in [0.2, 0.25) is 0 Å². The summed E-state index contributed by atoms with van der Waals surface area (Å²) in [7, 11) is 3.46. The molecule has 0 aromatic heterocycles. The van der Waals surface area contributed by atoms with Crippen LogP contribution < -0.4 is 10.2 Å². The molecule has 98 valence electrons. The second-order valence-electron chi connectivity index (χ2n) is 3.79. The number of carboxylic acids is 1. The minimum Gasteiger partial charge on any atom is -0.478 e. The number of hydrogen-bond donors (Lipinski definition) is 2. The largest absolute Gasteiger partial charge is 0.478 e. The zero-order valence-electron chi connectivity index (χ0n) is 10.2. The predicted molar refractivity (Wildman–Crippen MR) is 67.3 cm³/mol. The lowest BCUT2D eigenvalue weighted by atomic mass is 10.1. The van der Waals surface area contributed by atoms with Crippen molar-refractivity contribution in [3.05, 3.63) is 33.9 Å². The molecule has 0 unspecified atom stereocenters. The standard InChI is InChI=1S/C11H15N3O4/c1-12-5-6-13(2)10-7-8(11(15)16)3-4-9(10)14(17)18/h3-4,7,12H,5-6H2,1-2H3,(H,15,16). The molecule has 0 atom stereocenters. The van der Waals surface area contributed by atoms with Gasteiger partial charge in [-0.1, -0.05) is 0 Å². The summed E-state index contributed by atoms with van der Waals surface area (Å²) in [6.07, 6.45) is 0. The van der Waals surface area contributed by atoms with Crippen LogP contribution in [0.3, 0.4) is 0 Å². The van der Waals surface area contributed by atoms with Crippen LogP contribution in [0.4, 0.5) is 11.4 Å². The molecule has 0 bridgehead atoms. The fourth-order valence-electron chi connectivity index (χ4n) is 1.52. The Balaban J connectivity index is 3.14. The molecule has 18 heavy (non-hydrogen) atoms. The second-order valence-corrected chi connectivity index (χ2v) is 3.79. The number of rotatable bonds is 6. The average Bonchev–Trinajstić information content (AvgIpc) is 2.34. The summed E-state index contributed by atoms with van der Waals surface area (Å²) in [6, 6.07) is 3.76. The Hall–Kier alpha value is -2.15. The fraction of sp³-hybridized carbons (Fsp3) is 0.364. The van der Waals surface area contributed by atoms with Crippen LogP contribution in [0.1, 0.15) is 10.4 Å². The molecule has 2 N–H and O–H groups in total. The topological polar surface area (TPSA) is 95.7 Å². The van der Waals surface area contributed by atoms with Gasteiger partial charge in [0.1, 0.15) is 5.69 Å². The number of nitrogens with zero attached hydrogens (tertiary/aromatic N) is 2. The summed E-state index contributed by atoms with van der Waals surface area (Å²) in [5.74, 6) is -1.10. The molecular weight excluding hydrogens is 238 g/mol. The molecular formula is C11H15N3O4. The van der Waals surface area contributed by atoms with Gasteiger partial charge in [0.25, 0.3) is 5.69 Å². The van der Waals surface area contributed by atoms with Crippen molar-refractivity contribution in [2.45, 2.75) is 0 Å². The van der Waals surface area contributed by atoms with Gasteiger partial charge >= 0.3 is 5.97 Å². The summed E-state index contributed by atoms with van der Waals surface area (Å²) in [4.78, 5) is 22.9. The van der Waals surface area contributed by atoms with Gasteiger partial charge in [0.05, 0.1) is 10.5 Å². The maximum Gasteiger partial charge on any atom is 0.335 e. The minimum atomic E-state index is -1.10. The maximum absolute atomic E-state index is 10.9. The maximum atomic E-state index is 10.9. The first-order valence-electron chi connectivity index (χ1n) is 5.35. The molecule has 1 rings (SSSR count). The van der Waals surface area contributed by atoms with Crippen molar-refractivity contribution in [1.82, 2.24) is 5.32 Å². The highest BCUT2D eigenvalue weighted by Gasteiger charge is 2.19. The van der Waals surface area contributed by atoms with Crippen molar-refractivity contribution in [2.24, 2.45) is 0 Å². The van der Waals surface area contributed by atoms with E-state index in [0.29, 0.717) is 18.8 Å². The second kappa shape index (κ2) is 5.97. The molecule has 0 aliphatic heterocycles. The Morgan fingerprint density at radius 1 is 1.56 bits per heavy atom. The van der Waals surface area contributed by atoms with Crippen LogP contribution in [-0.4, -0.2) is 43.2 Å². The van der Waals surface area contributed by atoms with Crippen LogP contribution in [-0.2, 0) is 0 Å². The molecule has 0 radical (unpaired) electrons. The first-order valence-corrected chi connectivity index (χ1v) is 5.35. The van der Waals surface area contributed by atoms with E-state index in [0.717, 1.165) is 0 Å². The van der Waals surface area contributed by atoms with E-state index in [9.17, 15) is 14.9 Å². The zero-order chi connectivity index (χ0) is 13.7. The molecule has 1 aromatic rings. The summed E-state index contributed by atoms with van der Waals surface area (Å²) < 4.78 is 0. The van der Waals surface area contributed by atoms with E-state index in [1.807, 2.05) is 0 Å². The van der Waals surface area contributed by atoms with E-state index in [1.165, 1.54) is 18.2 Å². The molecule has 0 heterocycles. The van der Waals surface area contributed by atoms with E-state index < -0.39 is 10.9 Å². The van der Waals surface area contributed by atoms with Crippen LogP contribution >= 0.6 is 0 Å². The molecule has 0 aliphatic rings. The Labute approximate surface area is 104 Å². The lowest BCUT2D eigenvalue weighted by Gasteiger charge is -2.19. The SMILES string of the molecule is CNCCN(C)c1cc(C(=O)O)ccc1[N+](=O)[O-]. The van der Waals surface area contributed by atoms with Gasteiger partial charge in [-0.15, -0.1) is 0 Å². The van der Waals surface area contributed by atoms with Crippen molar-refractivity contribution in [1.29, 1.82) is 0 Å². The van der Waals surface area contributed by atoms with E-state index in [2.05, 4.69) is 5.32 Å². The van der Waals surface area contributed by atoms with Gasteiger partial charge in [-0.25, -0.2) is 4.79 Å². The Morgan fingerprint density at radius 2 is 2.22 bits per heavy atom. The first kappa shape index (κ1) is 13.9. The number of carbonyl (C=O) groups is 1. The number of nitro benzene ring substituents is 1. The Kier molecular flexibility index (Phi) is 4.61. The summed E-state index contributed by atoms with van der Waals surface area (Å²) in [6.45, 7) is 1.19. The fourth-order valence-corrected chi connectivity index (χ4v) is 1.52. The molecule has 0 fully saturated rings. The quantitative estimate of drug-likeness (QED) is 0.579. The number of nitro groups is 1. The van der Waals surface area contributed by atoms with Crippen molar-refractivity contribution >= 4 is 17.3 Å². The monoisotopic (exact) mass is 253 g/mol. The number of nitrogens with one attached hydrogen (secondary N) is 1. The number of carboxylic acid groups (broad SMARTS) is 1. The highest BCUT2D eigenvalue weighted by atomic mass is 16.6. The third-order valence-corrected chi connectivity index (χ3v) is 2.53. The number of benzene rings is 1. The summed E-state index contributed by atoms with van der Waals surface area (Å²) >= 11 is 0. The van der Waals surface area contributed by atoms with Crippen LogP contribution in [0, 0.1) is 10.1 Å². The van der Waals surface area contributed by atoms with E-state index >= 15 is 0 Å². The average molecular weight is 253 g/mol. The lowest BCUT2D eigenvalue weighted by molar-refractivity contribution is -0.384. The third kappa shape index (κ3) is 3.17. The third-order valence-electron chi connectivity index (χ3n) is 2.53. The highest BCUT2D eigenvalue weighted by molar-refractivity contribution is 5.90. The van der Waals surface area contributed by atoms with Gasteiger partial charge in [0.15, 0.2) is 0 Å². The van der Waals surface area contributed by atoms with Crippen molar-refractivity contribution < 1.29 is 14.8 Å². The molecule has 0 saturated carbocycles. The smallest absolute Gasteiger partial charge is 0.335 e. The normalized spacial score (nSPS) is 10.1. The van der Waals surface area contributed by atoms with E-state index in [4.69, 9.17) is 5.11 Å². The molecule has 0 amide bonds. The number of likely N-dealkylation sites (N-methyl/N-ethyl adjacent to an activating group) is 2. The van der Waals surface area contributed by atoms with Gasteiger partial charge < -0.3 is 15.3 Å². The molecule has 7 heteroatoms. The molecule has 0 spiro atoms. The van der Waals surface area contributed by atoms with Crippen LogP contribution in [0.15, 0.2) is 18.2 Å². The van der Waals surface area contributed by atoms with Gasteiger partial charge in [-0.05, 0) is 19.2 Å². The lowest BCUT2D eigenvalue weighted by Crippen LogP contribution is -2.27. The van der Waals surface area contributed by atoms with Crippen LogP contribution in [0.5, 0.6) is 0 Å². The van der Waals surface area contributed by atoms with Crippen molar-refractivity contribution in [3.8, 4) is 0 Å². The van der Waals surface area contributed by atoms with E-state index in [-0.39, 0.29) is 11.3 Å². The van der Waals surface area contributed by atoms with Gasteiger partial charge in [-0.2, -0.15) is 0 Å².